The van der Waals surface area contributed by atoms with Crippen LogP contribution in [0, 0.1) is 10.1 Å². The number of benzene rings is 1. The summed E-state index contributed by atoms with van der Waals surface area (Å²) in [6.07, 6.45) is 1.28. The first-order valence-electron chi connectivity index (χ1n) is 6.82. The van der Waals surface area contributed by atoms with Crippen molar-refractivity contribution < 1.29 is 28.1 Å². The quantitative estimate of drug-likeness (QED) is 0.234. The molecule has 0 fully saturated rings. The number of ether oxygens (including phenoxy) is 1. The summed E-state index contributed by atoms with van der Waals surface area (Å²) in [5.74, 6) is -0.853. The molecule has 0 unspecified atom stereocenters. The summed E-state index contributed by atoms with van der Waals surface area (Å²) < 4.78 is 27.7. The number of non-ortho nitro benzene ring substituents is 1. The minimum Gasteiger partial charge on any atom is -0.465 e. The Morgan fingerprint density at radius 2 is 1.74 bits per heavy atom. The molecule has 0 N–H and O–H groups in total. The summed E-state index contributed by atoms with van der Waals surface area (Å²) in [6.45, 7) is 3.39. The van der Waals surface area contributed by atoms with Crippen molar-refractivity contribution in [3.05, 3.63) is 45.3 Å². The Morgan fingerprint density at radius 3 is 2.13 bits per heavy atom. The lowest BCUT2D eigenvalue weighted by atomic mass is 10.2. The lowest BCUT2D eigenvalue weighted by Gasteiger charge is -2.18. The Labute approximate surface area is 133 Å². The normalized spacial score (nSPS) is 12.0. The maximum absolute atomic E-state index is 12.8. The summed E-state index contributed by atoms with van der Waals surface area (Å²) in [5.41, 5.74) is 0.329. The second-order valence-corrected chi connectivity index (χ2v) is 6.20. The highest BCUT2D eigenvalue weighted by Crippen LogP contribution is 2.56. The molecule has 0 amide bonds. The molecule has 1 rings (SSSR count). The van der Waals surface area contributed by atoms with Gasteiger partial charge in [-0.3, -0.25) is 14.7 Å². The average molecular weight is 343 g/mol. The summed E-state index contributed by atoms with van der Waals surface area (Å²) in [6, 6.07) is 5.38. The molecule has 0 spiro atoms. The molecule has 8 nitrogen and oxygen atoms in total. The van der Waals surface area contributed by atoms with Gasteiger partial charge in [0.2, 0.25) is 0 Å². The fraction of sp³-hybridized carbons (Fsp3) is 0.357. The van der Waals surface area contributed by atoms with Gasteiger partial charge in [-0.25, -0.2) is 4.79 Å². The number of rotatable bonds is 8. The number of nitro groups is 1. The molecule has 1 aromatic rings. The Morgan fingerprint density at radius 1 is 1.22 bits per heavy atom. The van der Waals surface area contributed by atoms with Gasteiger partial charge in [-0.2, -0.15) is 0 Å². The van der Waals surface area contributed by atoms with Crippen molar-refractivity contribution in [2.24, 2.45) is 0 Å². The Bertz CT molecular complexity index is 629. The number of hydrogen-bond donors (Lipinski definition) is 0. The van der Waals surface area contributed by atoms with Crippen LogP contribution in [0.3, 0.4) is 0 Å². The standard InChI is InChI=1S/C14H18NO7P/c1-4-21-23(19,22-5-2)13(14(16)20-3)10-11-6-8-12(9-7-11)15(17)18/h6-10H,4-5H2,1-3H3/b13-10+. The van der Waals surface area contributed by atoms with Crippen molar-refractivity contribution in [1.29, 1.82) is 0 Å². The molecule has 9 heteroatoms. The number of esters is 1. The van der Waals surface area contributed by atoms with E-state index >= 15 is 0 Å². The Balaban J connectivity index is 3.31. The van der Waals surface area contributed by atoms with Crippen LogP contribution in [-0.2, 0) is 23.1 Å². The van der Waals surface area contributed by atoms with Gasteiger partial charge in [0.15, 0.2) is 0 Å². The van der Waals surface area contributed by atoms with E-state index in [0.29, 0.717) is 5.56 Å². The second kappa shape index (κ2) is 8.57. The first-order chi connectivity index (χ1) is 10.9. The molecule has 0 aliphatic carbocycles. The van der Waals surface area contributed by atoms with Crippen molar-refractivity contribution in [2.75, 3.05) is 20.3 Å². The van der Waals surface area contributed by atoms with E-state index in [1.54, 1.807) is 13.8 Å². The van der Waals surface area contributed by atoms with E-state index in [0.717, 1.165) is 7.11 Å². The topological polar surface area (TPSA) is 105 Å². The third kappa shape index (κ3) is 4.99. The van der Waals surface area contributed by atoms with E-state index in [1.165, 1.54) is 30.3 Å². The Kier molecular flexibility index (Phi) is 7.09. The molecule has 0 heterocycles. The van der Waals surface area contributed by atoms with Gasteiger partial charge >= 0.3 is 13.6 Å². The summed E-state index contributed by atoms with van der Waals surface area (Å²) in [7, 11) is -2.70. The highest BCUT2D eigenvalue weighted by Gasteiger charge is 2.35. The summed E-state index contributed by atoms with van der Waals surface area (Å²) >= 11 is 0. The van der Waals surface area contributed by atoms with Gasteiger partial charge in [-0.15, -0.1) is 0 Å². The van der Waals surface area contributed by atoms with Crippen molar-refractivity contribution in [2.45, 2.75) is 13.8 Å². The highest BCUT2D eigenvalue weighted by atomic mass is 31.2. The number of hydrogen-bond acceptors (Lipinski definition) is 7. The molecule has 126 valence electrons. The van der Waals surface area contributed by atoms with Gasteiger partial charge in [0.05, 0.1) is 25.2 Å². The maximum Gasteiger partial charge on any atom is 0.368 e. The van der Waals surface area contributed by atoms with E-state index in [-0.39, 0.29) is 24.2 Å². The van der Waals surface area contributed by atoms with Gasteiger partial charge in [0.1, 0.15) is 5.31 Å². The molecule has 0 aromatic heterocycles. The third-order valence-electron chi connectivity index (χ3n) is 2.69. The van der Waals surface area contributed by atoms with Crippen LogP contribution in [0.15, 0.2) is 29.6 Å². The Hall–Kier alpha value is -2.02. The third-order valence-corrected chi connectivity index (χ3v) is 4.79. The van der Waals surface area contributed by atoms with E-state index in [4.69, 9.17) is 9.05 Å². The van der Waals surface area contributed by atoms with Crippen LogP contribution in [0.1, 0.15) is 19.4 Å². The minimum atomic E-state index is -3.85. The molecular formula is C14H18NO7P. The monoisotopic (exact) mass is 343 g/mol. The molecule has 0 atom stereocenters. The first kappa shape index (κ1) is 19.0. The number of carbonyl (C=O) groups is 1. The SMILES string of the molecule is CCOP(=O)(OCC)/C(=C/c1ccc([N+](=O)[O-])cc1)C(=O)OC. The van der Waals surface area contributed by atoms with Gasteiger partial charge in [0.25, 0.3) is 5.69 Å². The lowest BCUT2D eigenvalue weighted by molar-refractivity contribution is -0.384. The van der Waals surface area contributed by atoms with Crippen LogP contribution >= 0.6 is 7.60 Å². The predicted octanol–water partition coefficient (Wildman–Crippen LogP) is 3.37. The number of methoxy groups -OCH3 is 1. The van der Waals surface area contributed by atoms with Crippen LogP contribution in [0.25, 0.3) is 6.08 Å². The van der Waals surface area contributed by atoms with E-state index in [1.807, 2.05) is 0 Å². The molecule has 0 bridgehead atoms. The van der Waals surface area contributed by atoms with Crippen LogP contribution in [0.5, 0.6) is 0 Å². The fourth-order valence-corrected chi connectivity index (χ4v) is 3.38. The van der Waals surface area contributed by atoms with Gasteiger partial charge in [0, 0.05) is 12.1 Å². The number of nitro benzene ring substituents is 1. The zero-order chi connectivity index (χ0) is 17.5. The van der Waals surface area contributed by atoms with Crippen LogP contribution in [0.2, 0.25) is 0 Å². The van der Waals surface area contributed by atoms with Crippen molar-refractivity contribution >= 4 is 25.3 Å². The predicted molar refractivity (Wildman–Crippen MR) is 83.9 cm³/mol. The molecule has 0 aliphatic heterocycles. The van der Waals surface area contributed by atoms with Crippen LogP contribution in [-0.4, -0.2) is 31.2 Å². The molecule has 0 aliphatic rings. The van der Waals surface area contributed by atoms with Gasteiger partial charge in [-0.05, 0) is 37.6 Å². The molecule has 0 radical (unpaired) electrons. The number of carbonyl (C=O) groups excluding carboxylic acids is 1. The van der Waals surface area contributed by atoms with Crippen LogP contribution < -0.4 is 0 Å². The minimum absolute atomic E-state index is 0.0753. The maximum atomic E-state index is 12.8. The van der Waals surface area contributed by atoms with Crippen LogP contribution in [0.4, 0.5) is 5.69 Å². The van der Waals surface area contributed by atoms with Crippen molar-refractivity contribution in [3.8, 4) is 0 Å². The largest absolute Gasteiger partial charge is 0.465 e. The second-order valence-electron chi connectivity index (χ2n) is 4.20. The summed E-state index contributed by atoms with van der Waals surface area (Å²) in [4.78, 5) is 22.1. The van der Waals surface area contributed by atoms with Gasteiger partial charge < -0.3 is 13.8 Å². The van der Waals surface area contributed by atoms with E-state index in [9.17, 15) is 19.5 Å². The van der Waals surface area contributed by atoms with Crippen molar-refractivity contribution in [1.82, 2.24) is 0 Å². The van der Waals surface area contributed by atoms with Gasteiger partial charge in [-0.1, -0.05) is 0 Å². The van der Waals surface area contributed by atoms with E-state index < -0.39 is 18.5 Å². The molecule has 1 aromatic carbocycles. The van der Waals surface area contributed by atoms with Crippen molar-refractivity contribution in [3.63, 3.8) is 0 Å². The lowest BCUT2D eigenvalue weighted by Crippen LogP contribution is -2.09. The smallest absolute Gasteiger partial charge is 0.368 e. The molecule has 0 saturated carbocycles. The van der Waals surface area contributed by atoms with E-state index in [2.05, 4.69) is 4.74 Å². The highest BCUT2D eigenvalue weighted by molar-refractivity contribution is 7.60. The molecular weight excluding hydrogens is 325 g/mol. The zero-order valence-corrected chi connectivity index (χ0v) is 13.9. The number of nitrogens with zero attached hydrogens (tertiary/aromatic N) is 1. The summed E-state index contributed by atoms with van der Waals surface area (Å²) in [5, 5.41) is 10.4. The zero-order valence-electron chi connectivity index (χ0n) is 13.1. The fourth-order valence-electron chi connectivity index (χ4n) is 1.72. The first-order valence-corrected chi connectivity index (χ1v) is 8.36. The average Bonchev–Trinajstić information content (AvgIpc) is 2.52. The molecule has 23 heavy (non-hydrogen) atoms. The molecule has 0 saturated heterocycles.